The van der Waals surface area contributed by atoms with E-state index < -0.39 is 32.0 Å². The van der Waals surface area contributed by atoms with Gasteiger partial charge in [0.05, 0.1) is 35.2 Å². The minimum absolute atomic E-state index is 0.0694. The lowest BCUT2D eigenvalue weighted by Crippen LogP contribution is -2.53. The van der Waals surface area contributed by atoms with Crippen molar-refractivity contribution >= 4 is 31.5 Å². The van der Waals surface area contributed by atoms with Crippen molar-refractivity contribution in [1.29, 1.82) is 0 Å². The number of ether oxygens (including phenoxy) is 1. The summed E-state index contributed by atoms with van der Waals surface area (Å²) in [4.78, 5) is 0.0694. The molecule has 2 atom stereocenters. The molecule has 2 unspecified atom stereocenters. The lowest BCUT2D eigenvalue weighted by atomic mass is 10.2. The number of hydrogen-bond acceptors (Lipinski definition) is 5. The molecule has 2 saturated heterocycles. The zero-order valence-electron chi connectivity index (χ0n) is 11.0. The van der Waals surface area contributed by atoms with Gasteiger partial charge in [0.15, 0.2) is 9.84 Å². The number of nitrogens with zero attached hydrogens (tertiary/aromatic N) is 1. The van der Waals surface area contributed by atoms with Crippen molar-refractivity contribution in [3.05, 3.63) is 29.3 Å². The fourth-order valence-corrected chi connectivity index (χ4v) is 6.64. The molecule has 21 heavy (non-hydrogen) atoms. The molecule has 1 aromatic carbocycles. The number of morpholine rings is 1. The van der Waals surface area contributed by atoms with Crippen molar-refractivity contribution in [1.82, 2.24) is 4.31 Å². The second-order valence-electron chi connectivity index (χ2n) is 5.13. The second-order valence-corrected chi connectivity index (χ2v) is 9.61. The first-order chi connectivity index (χ1) is 9.79. The lowest BCUT2D eigenvalue weighted by Gasteiger charge is -2.35. The molecule has 3 rings (SSSR count). The summed E-state index contributed by atoms with van der Waals surface area (Å²) in [5.74, 6) is -0.323. The summed E-state index contributed by atoms with van der Waals surface area (Å²) in [7, 11) is -7.05. The van der Waals surface area contributed by atoms with Crippen molar-refractivity contribution in [2.75, 3.05) is 24.7 Å². The fraction of sp³-hybridized carbons (Fsp3) is 0.500. The summed E-state index contributed by atoms with van der Waals surface area (Å²) in [6.45, 7) is 0.335. The summed E-state index contributed by atoms with van der Waals surface area (Å²) >= 11 is 5.84. The van der Waals surface area contributed by atoms with Crippen molar-refractivity contribution in [3.8, 4) is 0 Å². The van der Waals surface area contributed by atoms with Crippen molar-refractivity contribution < 1.29 is 21.6 Å². The van der Waals surface area contributed by atoms with Crippen LogP contribution in [0, 0.1) is 0 Å². The van der Waals surface area contributed by atoms with Crippen LogP contribution in [0.5, 0.6) is 0 Å². The number of sulfonamides is 1. The van der Waals surface area contributed by atoms with Crippen LogP contribution >= 0.6 is 11.6 Å². The molecule has 0 saturated carbocycles. The normalized spacial score (nSPS) is 29.2. The summed E-state index contributed by atoms with van der Waals surface area (Å²) in [6.07, 6.45) is -0.585. The van der Waals surface area contributed by atoms with Gasteiger partial charge in [0.2, 0.25) is 10.0 Å². The maximum absolute atomic E-state index is 12.7. The maximum atomic E-state index is 12.7. The predicted octanol–water partition coefficient (Wildman–Crippen LogP) is 0.526. The highest BCUT2D eigenvalue weighted by Crippen LogP contribution is 2.30. The Morgan fingerprint density at radius 1 is 1.29 bits per heavy atom. The highest BCUT2D eigenvalue weighted by molar-refractivity contribution is 7.92. The zero-order chi connectivity index (χ0) is 15.3. The third kappa shape index (κ3) is 2.83. The van der Waals surface area contributed by atoms with Crippen LogP contribution in [0.25, 0.3) is 0 Å². The standard InChI is InChI=1S/C12H14ClNO5S2/c13-9-2-1-3-10(6-9)21(17,18)14-4-5-19-12-8-20(15,16)7-11(12)14/h1-3,6,11-12H,4-5,7-8H2. The van der Waals surface area contributed by atoms with E-state index in [1.807, 2.05) is 0 Å². The third-order valence-electron chi connectivity index (χ3n) is 3.69. The molecule has 0 spiro atoms. The molecule has 2 heterocycles. The van der Waals surface area contributed by atoms with E-state index in [1.165, 1.54) is 16.4 Å². The van der Waals surface area contributed by atoms with E-state index in [0.717, 1.165) is 0 Å². The van der Waals surface area contributed by atoms with E-state index in [2.05, 4.69) is 0 Å². The van der Waals surface area contributed by atoms with Crippen LogP contribution in [-0.4, -0.2) is 57.9 Å². The van der Waals surface area contributed by atoms with Crippen molar-refractivity contribution in [2.24, 2.45) is 0 Å². The first-order valence-corrected chi connectivity index (χ1v) is 10.0. The average Bonchev–Trinajstić information content (AvgIpc) is 2.72. The van der Waals surface area contributed by atoms with Crippen LogP contribution in [0.4, 0.5) is 0 Å². The first-order valence-electron chi connectivity index (χ1n) is 6.39. The quantitative estimate of drug-likeness (QED) is 0.776. The van der Waals surface area contributed by atoms with Gasteiger partial charge in [-0.2, -0.15) is 4.31 Å². The molecule has 0 bridgehead atoms. The SMILES string of the molecule is O=S1(=O)CC2OCCN(S(=O)(=O)c3cccc(Cl)c3)C2C1. The van der Waals surface area contributed by atoms with Gasteiger partial charge in [0, 0.05) is 11.6 Å². The fourth-order valence-electron chi connectivity index (χ4n) is 2.75. The molecule has 0 radical (unpaired) electrons. The van der Waals surface area contributed by atoms with Crippen LogP contribution < -0.4 is 0 Å². The van der Waals surface area contributed by atoms with Gasteiger partial charge in [-0.25, -0.2) is 16.8 Å². The van der Waals surface area contributed by atoms with Gasteiger partial charge in [-0.1, -0.05) is 17.7 Å². The molecule has 0 amide bonds. The van der Waals surface area contributed by atoms with E-state index in [4.69, 9.17) is 16.3 Å². The van der Waals surface area contributed by atoms with Gasteiger partial charge in [0.1, 0.15) is 0 Å². The molecule has 9 heteroatoms. The van der Waals surface area contributed by atoms with E-state index >= 15 is 0 Å². The van der Waals surface area contributed by atoms with Crippen LogP contribution in [0.15, 0.2) is 29.2 Å². The Bertz CT molecular complexity index is 762. The van der Waals surface area contributed by atoms with E-state index in [9.17, 15) is 16.8 Å². The van der Waals surface area contributed by atoms with Gasteiger partial charge in [-0.05, 0) is 18.2 Å². The minimum Gasteiger partial charge on any atom is -0.374 e. The average molecular weight is 352 g/mol. The Morgan fingerprint density at radius 3 is 2.76 bits per heavy atom. The first kappa shape index (κ1) is 15.2. The maximum Gasteiger partial charge on any atom is 0.243 e. The lowest BCUT2D eigenvalue weighted by molar-refractivity contribution is -0.0141. The number of halogens is 1. The number of rotatable bonds is 2. The Balaban J connectivity index is 1.99. The van der Waals surface area contributed by atoms with Crippen molar-refractivity contribution in [3.63, 3.8) is 0 Å². The Morgan fingerprint density at radius 2 is 2.05 bits per heavy atom. The second kappa shape index (κ2) is 5.20. The molecular weight excluding hydrogens is 338 g/mol. The third-order valence-corrected chi connectivity index (χ3v) is 7.53. The molecule has 2 fully saturated rings. The summed E-state index contributed by atoms with van der Waals surface area (Å²) in [5.41, 5.74) is 0. The monoisotopic (exact) mass is 351 g/mol. The largest absolute Gasteiger partial charge is 0.374 e. The van der Waals surface area contributed by atoms with E-state index in [-0.39, 0.29) is 29.6 Å². The Hall–Kier alpha value is -0.670. The molecule has 116 valence electrons. The van der Waals surface area contributed by atoms with Gasteiger partial charge in [-0.3, -0.25) is 0 Å². The smallest absolute Gasteiger partial charge is 0.243 e. The van der Waals surface area contributed by atoms with Crippen LogP contribution in [0.3, 0.4) is 0 Å². The van der Waals surface area contributed by atoms with Crippen LogP contribution in [0.1, 0.15) is 0 Å². The molecule has 0 aromatic heterocycles. The predicted molar refractivity (Wildman–Crippen MR) is 77.5 cm³/mol. The van der Waals surface area contributed by atoms with Gasteiger partial charge in [-0.15, -0.1) is 0 Å². The minimum atomic E-state index is -3.78. The van der Waals surface area contributed by atoms with Gasteiger partial charge in [0.25, 0.3) is 0 Å². The highest BCUT2D eigenvalue weighted by Gasteiger charge is 2.48. The molecule has 6 nitrogen and oxygen atoms in total. The summed E-state index contributed by atoms with van der Waals surface area (Å²) in [5, 5.41) is 0.319. The van der Waals surface area contributed by atoms with Gasteiger partial charge < -0.3 is 4.74 Å². The topological polar surface area (TPSA) is 80.8 Å². The number of sulfone groups is 1. The highest BCUT2D eigenvalue weighted by atomic mass is 35.5. The number of benzene rings is 1. The van der Waals surface area contributed by atoms with Gasteiger partial charge >= 0.3 is 0 Å². The zero-order valence-corrected chi connectivity index (χ0v) is 13.4. The van der Waals surface area contributed by atoms with Crippen LogP contribution in [-0.2, 0) is 24.6 Å². The van der Waals surface area contributed by atoms with E-state index in [1.54, 1.807) is 12.1 Å². The number of hydrogen-bond donors (Lipinski definition) is 0. The molecule has 0 aliphatic carbocycles. The molecule has 1 aromatic rings. The Labute approximate surface area is 128 Å². The molecular formula is C12H14ClNO5S2. The van der Waals surface area contributed by atoms with Crippen LogP contribution in [0.2, 0.25) is 5.02 Å². The summed E-state index contributed by atoms with van der Waals surface area (Å²) in [6, 6.07) is 5.30. The molecule has 2 aliphatic heterocycles. The summed E-state index contributed by atoms with van der Waals surface area (Å²) < 4.78 is 55.5. The van der Waals surface area contributed by atoms with Crippen molar-refractivity contribution in [2.45, 2.75) is 17.0 Å². The molecule has 2 aliphatic rings. The van der Waals surface area contributed by atoms with E-state index in [0.29, 0.717) is 5.02 Å². The Kier molecular flexibility index (Phi) is 3.77. The number of fused-ring (bicyclic) bond motifs is 1. The molecule has 0 N–H and O–H groups in total.